The van der Waals surface area contributed by atoms with Gasteiger partial charge in [-0.3, -0.25) is 4.79 Å². The Morgan fingerprint density at radius 2 is 1.64 bits per heavy atom. The molecule has 1 aromatic heterocycles. The molecule has 0 unspecified atom stereocenters. The smallest absolute Gasteiger partial charge is 0.274 e. The van der Waals surface area contributed by atoms with Crippen LogP contribution in [0.15, 0.2) is 54.6 Å². The van der Waals surface area contributed by atoms with E-state index in [0.717, 1.165) is 10.2 Å². The molecule has 0 radical (unpaired) electrons. The van der Waals surface area contributed by atoms with Crippen LogP contribution in [0.1, 0.15) is 33.3 Å². The lowest BCUT2D eigenvalue weighted by Crippen LogP contribution is -2.16. The van der Waals surface area contributed by atoms with Crippen LogP contribution in [-0.2, 0) is 4.79 Å². The van der Waals surface area contributed by atoms with Gasteiger partial charge < -0.3 is 4.74 Å². The van der Waals surface area contributed by atoms with E-state index in [-0.39, 0.29) is 18.3 Å². The van der Waals surface area contributed by atoms with Crippen molar-refractivity contribution in [2.75, 3.05) is 6.61 Å². The molecule has 3 nitrogen and oxygen atoms in total. The molecule has 0 aliphatic carbocycles. The quantitative estimate of drug-likeness (QED) is 0.581. The highest BCUT2D eigenvalue weighted by Crippen LogP contribution is 2.27. The van der Waals surface area contributed by atoms with Crippen molar-refractivity contribution in [1.29, 1.82) is 0 Å². The zero-order valence-corrected chi connectivity index (χ0v) is 16.5. The summed E-state index contributed by atoms with van der Waals surface area (Å²) in [6.45, 7) is 9.92. The Bertz CT molecular complexity index is 718. The van der Waals surface area contributed by atoms with E-state index >= 15 is 0 Å². The number of ether oxygens (including phenoxy) is 1. The molecule has 134 valence electrons. The van der Waals surface area contributed by atoms with Crippen molar-refractivity contribution in [1.82, 2.24) is 4.98 Å². The minimum absolute atomic E-state index is 0.00868. The fraction of sp³-hybridized carbons (Fsp3) is 0.333. The Kier molecular flexibility index (Phi) is 9.48. The molecule has 0 fully saturated rings. The summed E-state index contributed by atoms with van der Waals surface area (Å²) in [5.74, 6) is 0.105. The lowest BCUT2D eigenvalue weighted by atomic mass is 10.1. The Morgan fingerprint density at radius 3 is 2.16 bits per heavy atom. The molecule has 0 N–H and O–H groups in total. The molecule has 0 amide bonds. The first-order chi connectivity index (χ1) is 12.1. The number of aryl methyl sites for hydroxylation is 1. The molecule has 0 saturated heterocycles. The molecule has 25 heavy (non-hydrogen) atoms. The molecule has 0 spiro atoms. The van der Waals surface area contributed by atoms with Crippen LogP contribution in [-0.4, -0.2) is 17.4 Å². The third-order valence-electron chi connectivity index (χ3n) is 3.20. The molecule has 0 aliphatic rings. The van der Waals surface area contributed by atoms with Crippen LogP contribution in [0.3, 0.4) is 0 Å². The van der Waals surface area contributed by atoms with Crippen molar-refractivity contribution in [3.8, 4) is 5.19 Å². The Morgan fingerprint density at radius 1 is 1.04 bits per heavy atom. The first-order valence-electron chi connectivity index (χ1n) is 8.59. The third kappa shape index (κ3) is 7.48. The Hall–Kier alpha value is -2.20. The number of aromatic nitrogens is 1. The van der Waals surface area contributed by atoms with E-state index in [0.29, 0.717) is 5.19 Å². The summed E-state index contributed by atoms with van der Waals surface area (Å²) in [5.41, 5.74) is 2.24. The fourth-order valence-corrected chi connectivity index (χ4v) is 2.56. The van der Waals surface area contributed by atoms with Gasteiger partial charge in [0.25, 0.3) is 5.19 Å². The summed E-state index contributed by atoms with van der Waals surface area (Å²) in [7, 11) is 0. The first kappa shape index (κ1) is 20.8. The van der Waals surface area contributed by atoms with Crippen LogP contribution in [0.4, 0.5) is 0 Å². The summed E-state index contributed by atoms with van der Waals surface area (Å²) in [4.78, 5) is 15.7. The number of ketones is 1. The van der Waals surface area contributed by atoms with Gasteiger partial charge in [-0.05, 0) is 19.1 Å². The minimum Gasteiger partial charge on any atom is -0.462 e. The number of benzene rings is 2. The lowest BCUT2D eigenvalue weighted by Gasteiger charge is -2.03. The van der Waals surface area contributed by atoms with Crippen molar-refractivity contribution in [2.24, 2.45) is 5.92 Å². The largest absolute Gasteiger partial charge is 0.462 e. The van der Waals surface area contributed by atoms with Crippen LogP contribution >= 0.6 is 11.3 Å². The number of carbonyl (C=O) groups is 1. The summed E-state index contributed by atoms with van der Waals surface area (Å²) < 4.78 is 6.45. The maximum atomic E-state index is 11.4. The maximum Gasteiger partial charge on any atom is 0.274 e. The van der Waals surface area contributed by atoms with Crippen molar-refractivity contribution >= 4 is 27.3 Å². The number of hydrogen-bond donors (Lipinski definition) is 0. The molecule has 2 aromatic carbocycles. The van der Waals surface area contributed by atoms with Gasteiger partial charge in [0.1, 0.15) is 6.61 Å². The number of carbonyl (C=O) groups excluding carboxylic acids is 1. The van der Waals surface area contributed by atoms with Gasteiger partial charge in [-0.2, -0.15) is 0 Å². The topological polar surface area (TPSA) is 39.2 Å². The summed E-state index contributed by atoms with van der Waals surface area (Å²) in [6, 6.07) is 18.1. The van der Waals surface area contributed by atoms with E-state index in [4.69, 9.17) is 4.74 Å². The number of Topliss-reactive ketones (excluding diaryl/α,β-unsaturated/α-hetero) is 1. The van der Waals surface area contributed by atoms with E-state index < -0.39 is 0 Å². The molecule has 3 aromatic rings. The molecule has 3 rings (SSSR count). The van der Waals surface area contributed by atoms with E-state index in [2.05, 4.69) is 24.0 Å². The minimum atomic E-state index is 0.00868. The SMILES string of the molecule is CC.CC(C)C(=O)COc1nc2ccccc2s1.Cc1ccccc1. The number of fused-ring (bicyclic) bond motifs is 1. The van der Waals surface area contributed by atoms with Gasteiger partial charge in [0.05, 0.1) is 10.2 Å². The van der Waals surface area contributed by atoms with Crippen molar-refractivity contribution in [3.05, 3.63) is 60.2 Å². The maximum absolute atomic E-state index is 11.4. The summed E-state index contributed by atoms with van der Waals surface area (Å²) >= 11 is 1.47. The number of hydrogen-bond acceptors (Lipinski definition) is 4. The van der Waals surface area contributed by atoms with E-state index in [9.17, 15) is 4.79 Å². The normalized spacial score (nSPS) is 9.68. The standard InChI is InChI=1S/C12H13NO2S.C7H8.C2H6/c1-8(2)10(14)7-15-12-13-9-5-3-4-6-11(9)16-12;1-7-5-3-2-4-6-7;1-2/h3-6,8H,7H2,1-2H3;2-6H,1H3;1-2H3. The highest BCUT2D eigenvalue weighted by molar-refractivity contribution is 7.20. The predicted molar refractivity (Wildman–Crippen MR) is 107 cm³/mol. The molecule has 0 saturated carbocycles. The van der Waals surface area contributed by atoms with Crippen molar-refractivity contribution in [2.45, 2.75) is 34.6 Å². The van der Waals surface area contributed by atoms with Crippen LogP contribution in [0.2, 0.25) is 0 Å². The molecule has 0 aliphatic heterocycles. The summed E-state index contributed by atoms with van der Waals surface area (Å²) in [6.07, 6.45) is 0. The number of para-hydroxylation sites is 1. The Balaban J connectivity index is 0.000000290. The van der Waals surface area contributed by atoms with E-state index in [1.165, 1.54) is 16.9 Å². The average Bonchev–Trinajstić information content (AvgIpc) is 3.05. The second-order valence-corrected chi connectivity index (χ2v) is 6.51. The first-order valence-corrected chi connectivity index (χ1v) is 9.40. The van der Waals surface area contributed by atoms with Crippen LogP contribution < -0.4 is 4.74 Å². The van der Waals surface area contributed by atoms with Crippen LogP contribution in [0.5, 0.6) is 5.19 Å². The highest BCUT2D eigenvalue weighted by atomic mass is 32.1. The fourth-order valence-electron chi connectivity index (χ4n) is 1.75. The van der Waals surface area contributed by atoms with Gasteiger partial charge in [0.2, 0.25) is 0 Å². The number of rotatable bonds is 4. The van der Waals surface area contributed by atoms with E-state index in [1.807, 2.05) is 70.2 Å². The van der Waals surface area contributed by atoms with Crippen LogP contribution in [0, 0.1) is 12.8 Å². The molecule has 0 atom stereocenters. The van der Waals surface area contributed by atoms with Gasteiger partial charge in [-0.1, -0.05) is 87.1 Å². The van der Waals surface area contributed by atoms with Crippen LogP contribution in [0.25, 0.3) is 10.2 Å². The zero-order chi connectivity index (χ0) is 18.7. The number of nitrogens with zero attached hydrogens (tertiary/aromatic N) is 1. The lowest BCUT2D eigenvalue weighted by molar-refractivity contribution is -0.123. The highest BCUT2D eigenvalue weighted by Gasteiger charge is 2.10. The molecule has 4 heteroatoms. The van der Waals surface area contributed by atoms with E-state index in [1.54, 1.807) is 0 Å². The molecular formula is C21H27NO2S. The molecular weight excluding hydrogens is 330 g/mol. The second-order valence-electron chi connectivity index (χ2n) is 5.51. The third-order valence-corrected chi connectivity index (χ3v) is 4.15. The van der Waals surface area contributed by atoms with Gasteiger partial charge in [-0.25, -0.2) is 4.98 Å². The van der Waals surface area contributed by atoms with Gasteiger partial charge in [0, 0.05) is 5.92 Å². The predicted octanol–water partition coefficient (Wildman–Crippen LogP) is 5.92. The van der Waals surface area contributed by atoms with Gasteiger partial charge in [0.15, 0.2) is 5.78 Å². The molecule has 0 bridgehead atoms. The number of thiazole rings is 1. The van der Waals surface area contributed by atoms with Crippen molar-refractivity contribution in [3.63, 3.8) is 0 Å². The monoisotopic (exact) mass is 357 g/mol. The average molecular weight is 358 g/mol. The van der Waals surface area contributed by atoms with Gasteiger partial charge in [-0.15, -0.1) is 0 Å². The summed E-state index contributed by atoms with van der Waals surface area (Å²) in [5, 5.41) is 0.565. The zero-order valence-electron chi connectivity index (χ0n) is 15.7. The molecule has 1 heterocycles. The Labute approximate surface area is 154 Å². The van der Waals surface area contributed by atoms with Crippen molar-refractivity contribution < 1.29 is 9.53 Å². The second kappa shape index (κ2) is 11.4. The van der Waals surface area contributed by atoms with Gasteiger partial charge >= 0.3 is 0 Å².